The van der Waals surface area contributed by atoms with Crippen LogP contribution in [-0.4, -0.2) is 32.2 Å². The van der Waals surface area contributed by atoms with Crippen LogP contribution in [0.4, 0.5) is 5.69 Å². The van der Waals surface area contributed by atoms with Crippen LogP contribution in [0.1, 0.15) is 16.7 Å². The van der Waals surface area contributed by atoms with E-state index in [4.69, 9.17) is 9.47 Å². The molecule has 136 valence electrons. The Morgan fingerprint density at radius 1 is 0.962 bits per heavy atom. The quantitative estimate of drug-likeness (QED) is 0.490. The van der Waals surface area contributed by atoms with Gasteiger partial charge in [-0.1, -0.05) is 6.07 Å². The van der Waals surface area contributed by atoms with E-state index in [1.54, 1.807) is 37.4 Å². The monoisotopic (exact) mass is 355 g/mol. The zero-order valence-electron chi connectivity index (χ0n) is 15.1. The summed E-state index contributed by atoms with van der Waals surface area (Å²) in [4.78, 5) is 23.8. The second-order valence-corrected chi connectivity index (χ2v) is 5.56. The van der Waals surface area contributed by atoms with Gasteiger partial charge in [0.05, 0.1) is 20.4 Å². The number of nitrogens with one attached hydrogen (secondary N) is 2. The summed E-state index contributed by atoms with van der Waals surface area (Å²) in [6, 6.07) is 10.6. The molecule has 0 bridgehead atoms. The van der Waals surface area contributed by atoms with Crippen LogP contribution in [-0.2, 0) is 9.59 Å². The first-order chi connectivity index (χ1) is 12.4. The minimum atomic E-state index is -0.869. The second-order valence-electron chi connectivity index (χ2n) is 5.56. The van der Waals surface area contributed by atoms with Crippen molar-refractivity contribution in [3.63, 3.8) is 0 Å². The Bertz CT molecular complexity index is 847. The fraction of sp³-hybridized carbons (Fsp3) is 0.211. The van der Waals surface area contributed by atoms with Crippen molar-refractivity contribution in [3.8, 4) is 11.5 Å². The van der Waals surface area contributed by atoms with Gasteiger partial charge in [-0.25, -0.2) is 5.43 Å². The number of carbonyl (C=O) groups excluding carboxylic acids is 2. The van der Waals surface area contributed by atoms with Gasteiger partial charge in [-0.05, 0) is 49.2 Å². The lowest BCUT2D eigenvalue weighted by Crippen LogP contribution is -2.32. The number of ether oxygens (including phenoxy) is 2. The summed E-state index contributed by atoms with van der Waals surface area (Å²) in [5.41, 5.74) is 5.49. The third kappa shape index (κ3) is 4.83. The van der Waals surface area contributed by atoms with Gasteiger partial charge in [0.1, 0.15) is 11.5 Å². The maximum Gasteiger partial charge on any atom is 0.329 e. The van der Waals surface area contributed by atoms with Crippen molar-refractivity contribution in [3.05, 3.63) is 53.1 Å². The first kappa shape index (κ1) is 19.0. The van der Waals surface area contributed by atoms with Gasteiger partial charge >= 0.3 is 11.8 Å². The first-order valence-corrected chi connectivity index (χ1v) is 7.88. The molecule has 0 heterocycles. The Labute approximate surface area is 152 Å². The highest BCUT2D eigenvalue weighted by molar-refractivity contribution is 6.39. The van der Waals surface area contributed by atoms with Crippen molar-refractivity contribution in [2.24, 2.45) is 5.10 Å². The Balaban J connectivity index is 1.98. The Kier molecular flexibility index (Phi) is 6.32. The van der Waals surface area contributed by atoms with E-state index in [0.29, 0.717) is 22.7 Å². The molecule has 0 fully saturated rings. The van der Waals surface area contributed by atoms with Gasteiger partial charge in [0, 0.05) is 17.3 Å². The van der Waals surface area contributed by atoms with E-state index in [2.05, 4.69) is 15.8 Å². The molecule has 2 N–H and O–H groups in total. The minimum Gasteiger partial charge on any atom is -0.497 e. The topological polar surface area (TPSA) is 89.0 Å². The van der Waals surface area contributed by atoms with E-state index in [-0.39, 0.29) is 0 Å². The molecule has 2 amide bonds. The van der Waals surface area contributed by atoms with Crippen molar-refractivity contribution in [1.29, 1.82) is 0 Å². The molecule has 0 radical (unpaired) electrons. The lowest BCUT2D eigenvalue weighted by Gasteiger charge is -2.07. The molecule has 0 spiro atoms. The molecule has 0 saturated carbocycles. The molecule has 2 aromatic rings. The van der Waals surface area contributed by atoms with Gasteiger partial charge in [-0.2, -0.15) is 5.10 Å². The molecule has 0 aliphatic heterocycles. The largest absolute Gasteiger partial charge is 0.497 e. The maximum absolute atomic E-state index is 11.9. The first-order valence-electron chi connectivity index (χ1n) is 7.88. The van der Waals surface area contributed by atoms with Crippen LogP contribution >= 0.6 is 0 Å². The number of methoxy groups -OCH3 is 2. The van der Waals surface area contributed by atoms with E-state index in [9.17, 15) is 9.59 Å². The van der Waals surface area contributed by atoms with E-state index >= 15 is 0 Å². The van der Waals surface area contributed by atoms with Crippen LogP contribution < -0.4 is 20.2 Å². The molecule has 0 saturated heterocycles. The molecule has 2 aromatic carbocycles. The zero-order valence-corrected chi connectivity index (χ0v) is 15.1. The molecule has 0 aliphatic carbocycles. The van der Waals surface area contributed by atoms with E-state index < -0.39 is 11.8 Å². The summed E-state index contributed by atoms with van der Waals surface area (Å²) in [5.74, 6) is -0.503. The second kappa shape index (κ2) is 8.66. The number of carbonyl (C=O) groups is 2. The van der Waals surface area contributed by atoms with E-state index in [1.807, 2.05) is 19.9 Å². The molecule has 0 aliphatic rings. The lowest BCUT2D eigenvalue weighted by molar-refractivity contribution is -0.136. The van der Waals surface area contributed by atoms with Crippen LogP contribution in [0.3, 0.4) is 0 Å². The smallest absolute Gasteiger partial charge is 0.329 e. The summed E-state index contributed by atoms with van der Waals surface area (Å²) in [5, 5.41) is 6.32. The van der Waals surface area contributed by atoms with E-state index in [0.717, 1.165) is 11.1 Å². The van der Waals surface area contributed by atoms with Gasteiger partial charge in [0.25, 0.3) is 0 Å². The Hall–Kier alpha value is -3.35. The number of aryl methyl sites for hydroxylation is 2. The van der Waals surface area contributed by atoms with Gasteiger partial charge in [-0.3, -0.25) is 9.59 Å². The third-order valence-electron chi connectivity index (χ3n) is 3.78. The molecular formula is C19H21N3O4. The Morgan fingerprint density at radius 3 is 2.38 bits per heavy atom. The molecule has 26 heavy (non-hydrogen) atoms. The predicted octanol–water partition coefficient (Wildman–Crippen LogP) is 2.41. The lowest BCUT2D eigenvalue weighted by atomic mass is 10.1. The molecule has 0 aromatic heterocycles. The minimum absolute atomic E-state index is 0.530. The van der Waals surface area contributed by atoms with Crippen LogP contribution in [0.15, 0.2) is 41.5 Å². The van der Waals surface area contributed by atoms with Crippen molar-refractivity contribution >= 4 is 23.7 Å². The fourth-order valence-electron chi connectivity index (χ4n) is 2.14. The summed E-state index contributed by atoms with van der Waals surface area (Å²) < 4.78 is 10.3. The SMILES string of the molecule is COc1ccc(/C=N\NC(=O)C(=O)Nc2ccc(C)c(C)c2)c(OC)c1. The highest BCUT2D eigenvalue weighted by Gasteiger charge is 2.13. The predicted molar refractivity (Wildman–Crippen MR) is 99.8 cm³/mol. The summed E-state index contributed by atoms with van der Waals surface area (Å²) >= 11 is 0. The third-order valence-corrected chi connectivity index (χ3v) is 3.78. The molecule has 0 unspecified atom stereocenters. The molecule has 7 heteroatoms. The average molecular weight is 355 g/mol. The van der Waals surface area contributed by atoms with Crippen LogP contribution in [0.5, 0.6) is 11.5 Å². The van der Waals surface area contributed by atoms with Crippen LogP contribution in [0.2, 0.25) is 0 Å². The zero-order chi connectivity index (χ0) is 19.1. The van der Waals surface area contributed by atoms with Crippen molar-refractivity contribution in [2.75, 3.05) is 19.5 Å². The number of rotatable bonds is 5. The molecule has 0 atom stereocenters. The van der Waals surface area contributed by atoms with Crippen molar-refractivity contribution < 1.29 is 19.1 Å². The summed E-state index contributed by atoms with van der Waals surface area (Å²) in [6.07, 6.45) is 1.39. The maximum atomic E-state index is 11.9. The van der Waals surface area contributed by atoms with Gasteiger partial charge in [0.15, 0.2) is 0 Å². The number of hydrogen-bond acceptors (Lipinski definition) is 5. The molecular weight excluding hydrogens is 334 g/mol. The average Bonchev–Trinajstić information content (AvgIpc) is 2.64. The van der Waals surface area contributed by atoms with E-state index in [1.165, 1.54) is 13.3 Å². The number of nitrogens with zero attached hydrogens (tertiary/aromatic N) is 1. The highest BCUT2D eigenvalue weighted by atomic mass is 16.5. The number of hydrogen-bond donors (Lipinski definition) is 2. The van der Waals surface area contributed by atoms with Gasteiger partial charge < -0.3 is 14.8 Å². The normalized spacial score (nSPS) is 10.5. The molecule has 2 rings (SSSR count). The number of benzene rings is 2. The number of amides is 2. The fourth-order valence-corrected chi connectivity index (χ4v) is 2.14. The van der Waals surface area contributed by atoms with Gasteiger partial charge in [0.2, 0.25) is 0 Å². The summed E-state index contributed by atoms with van der Waals surface area (Å²) in [7, 11) is 3.07. The summed E-state index contributed by atoms with van der Waals surface area (Å²) in [6.45, 7) is 3.90. The highest BCUT2D eigenvalue weighted by Crippen LogP contribution is 2.23. The Morgan fingerprint density at radius 2 is 1.73 bits per heavy atom. The van der Waals surface area contributed by atoms with Gasteiger partial charge in [-0.15, -0.1) is 0 Å². The van der Waals surface area contributed by atoms with Crippen molar-refractivity contribution in [2.45, 2.75) is 13.8 Å². The standard InChI is InChI=1S/C19H21N3O4/c1-12-5-7-15(9-13(12)2)21-18(23)19(24)22-20-11-14-6-8-16(25-3)10-17(14)26-4/h5-11H,1-4H3,(H,21,23)(H,22,24)/b20-11-. The van der Waals surface area contributed by atoms with Crippen LogP contribution in [0.25, 0.3) is 0 Å². The van der Waals surface area contributed by atoms with Crippen LogP contribution in [0, 0.1) is 13.8 Å². The number of anilines is 1. The molecule has 7 nitrogen and oxygen atoms in total. The number of hydrazone groups is 1. The van der Waals surface area contributed by atoms with Crippen molar-refractivity contribution in [1.82, 2.24) is 5.43 Å².